The average Bonchev–Trinajstić information content (AvgIpc) is 2.87. The van der Waals surface area contributed by atoms with E-state index in [9.17, 15) is 13.2 Å². The lowest BCUT2D eigenvalue weighted by Gasteiger charge is -2.09. The van der Waals surface area contributed by atoms with Gasteiger partial charge >= 0.3 is 0 Å². The minimum Gasteiger partial charge on any atom is -0.348 e. The molecule has 0 atom stereocenters. The molecule has 0 saturated heterocycles. The van der Waals surface area contributed by atoms with Crippen LogP contribution in [-0.2, 0) is 21.2 Å². The van der Waals surface area contributed by atoms with Gasteiger partial charge in [-0.3, -0.25) is 9.52 Å². The molecule has 0 unspecified atom stereocenters. The monoisotopic (exact) mass is 373 g/mol. The van der Waals surface area contributed by atoms with E-state index in [0.29, 0.717) is 16.3 Å². The summed E-state index contributed by atoms with van der Waals surface area (Å²) >= 11 is 7.10. The topological polar surface area (TPSA) is 79.4 Å². The predicted molar refractivity (Wildman–Crippen MR) is 91.5 cm³/mol. The van der Waals surface area contributed by atoms with Gasteiger partial charge in [0.1, 0.15) is 0 Å². The Hall–Kier alpha value is -1.64. The normalized spacial score (nSPS) is 11.3. The lowest BCUT2D eigenvalue weighted by Crippen LogP contribution is -2.23. The standard InChI is InChI=1S/C14H16ClN3O3S2/c1-9-11(15)5-4-6-12(9)23(20,21)17-14-16-10(8-22-14)7-13(19)18(2)3/h4-6,8H,7H2,1-3H3,(H,16,17). The molecule has 23 heavy (non-hydrogen) atoms. The zero-order chi connectivity index (χ0) is 17.2. The first kappa shape index (κ1) is 17.7. The number of hydrogen-bond donors (Lipinski definition) is 1. The van der Waals surface area contributed by atoms with Crippen molar-refractivity contribution in [3.05, 3.63) is 39.9 Å². The largest absolute Gasteiger partial charge is 0.348 e. The van der Waals surface area contributed by atoms with Crippen LogP contribution < -0.4 is 4.72 Å². The molecule has 0 spiro atoms. The molecule has 1 N–H and O–H groups in total. The summed E-state index contributed by atoms with van der Waals surface area (Å²) in [6.45, 7) is 1.64. The number of aromatic nitrogens is 1. The lowest BCUT2D eigenvalue weighted by atomic mass is 10.2. The minimum atomic E-state index is -3.78. The van der Waals surface area contributed by atoms with Gasteiger partial charge in [0.25, 0.3) is 10.0 Å². The molecule has 6 nitrogen and oxygen atoms in total. The molecule has 0 aliphatic rings. The van der Waals surface area contributed by atoms with E-state index in [1.54, 1.807) is 38.5 Å². The summed E-state index contributed by atoms with van der Waals surface area (Å²) < 4.78 is 27.3. The molecular weight excluding hydrogens is 358 g/mol. The number of carbonyl (C=O) groups is 1. The summed E-state index contributed by atoms with van der Waals surface area (Å²) in [7, 11) is -0.474. The van der Waals surface area contributed by atoms with Crippen molar-refractivity contribution in [2.24, 2.45) is 0 Å². The first-order valence-electron chi connectivity index (χ1n) is 6.63. The summed E-state index contributed by atoms with van der Waals surface area (Å²) in [6, 6.07) is 4.69. The van der Waals surface area contributed by atoms with Crippen molar-refractivity contribution in [2.45, 2.75) is 18.2 Å². The average molecular weight is 374 g/mol. The van der Waals surface area contributed by atoms with Crippen LogP contribution in [0.3, 0.4) is 0 Å². The Labute approximate surface area is 144 Å². The fourth-order valence-electron chi connectivity index (χ4n) is 1.80. The molecule has 0 saturated carbocycles. The van der Waals surface area contributed by atoms with Gasteiger partial charge in [0.15, 0.2) is 5.13 Å². The smallest absolute Gasteiger partial charge is 0.263 e. The summed E-state index contributed by atoms with van der Waals surface area (Å²) in [6.07, 6.45) is 0.126. The summed E-state index contributed by atoms with van der Waals surface area (Å²) in [5.74, 6) is -0.101. The van der Waals surface area contributed by atoms with Gasteiger partial charge in [0.05, 0.1) is 17.0 Å². The number of nitrogens with zero attached hydrogens (tertiary/aromatic N) is 2. The van der Waals surface area contributed by atoms with Crippen LogP contribution >= 0.6 is 22.9 Å². The highest BCUT2D eigenvalue weighted by molar-refractivity contribution is 7.93. The Morgan fingerprint density at radius 3 is 2.74 bits per heavy atom. The van der Waals surface area contributed by atoms with Gasteiger partial charge in [0.2, 0.25) is 5.91 Å². The molecule has 0 fully saturated rings. The Bertz CT molecular complexity index is 832. The predicted octanol–water partition coefficient (Wildman–Crippen LogP) is 2.54. The van der Waals surface area contributed by atoms with E-state index in [-0.39, 0.29) is 22.4 Å². The SMILES string of the molecule is Cc1c(Cl)cccc1S(=O)(=O)Nc1nc(CC(=O)N(C)C)cs1. The number of halogens is 1. The lowest BCUT2D eigenvalue weighted by molar-refractivity contribution is -0.128. The summed E-state index contributed by atoms with van der Waals surface area (Å²) in [5, 5.41) is 2.25. The van der Waals surface area contributed by atoms with Crippen molar-refractivity contribution in [3.8, 4) is 0 Å². The summed E-state index contributed by atoms with van der Waals surface area (Å²) in [5.41, 5.74) is 0.996. The van der Waals surface area contributed by atoms with E-state index >= 15 is 0 Å². The maximum atomic E-state index is 12.4. The van der Waals surface area contributed by atoms with Crippen LogP contribution in [0.15, 0.2) is 28.5 Å². The third-order valence-electron chi connectivity index (χ3n) is 3.11. The fraction of sp³-hybridized carbons (Fsp3) is 0.286. The van der Waals surface area contributed by atoms with Gasteiger partial charge in [-0.1, -0.05) is 17.7 Å². The third kappa shape index (κ3) is 4.21. The molecule has 124 valence electrons. The Kier molecular flexibility index (Phi) is 5.28. The van der Waals surface area contributed by atoms with E-state index in [1.165, 1.54) is 11.0 Å². The first-order valence-corrected chi connectivity index (χ1v) is 9.37. The highest BCUT2D eigenvalue weighted by Gasteiger charge is 2.20. The molecular formula is C14H16ClN3O3S2. The number of likely N-dealkylation sites (N-methyl/N-ethyl adjacent to an activating group) is 1. The van der Waals surface area contributed by atoms with Crippen molar-refractivity contribution in [1.29, 1.82) is 0 Å². The van der Waals surface area contributed by atoms with E-state index in [4.69, 9.17) is 11.6 Å². The molecule has 1 aromatic carbocycles. The summed E-state index contributed by atoms with van der Waals surface area (Å²) in [4.78, 5) is 17.4. The molecule has 2 rings (SSSR count). The molecule has 0 radical (unpaired) electrons. The van der Waals surface area contributed by atoms with Gasteiger partial charge in [-0.2, -0.15) is 0 Å². The second kappa shape index (κ2) is 6.86. The van der Waals surface area contributed by atoms with E-state index in [0.717, 1.165) is 11.3 Å². The zero-order valence-corrected chi connectivity index (χ0v) is 15.2. The second-order valence-electron chi connectivity index (χ2n) is 5.08. The van der Waals surface area contributed by atoms with Crippen LogP contribution in [0.25, 0.3) is 0 Å². The molecule has 0 aliphatic carbocycles. The van der Waals surface area contributed by atoms with Crippen molar-refractivity contribution in [3.63, 3.8) is 0 Å². The Morgan fingerprint density at radius 1 is 1.39 bits per heavy atom. The van der Waals surface area contributed by atoms with Crippen molar-refractivity contribution in [1.82, 2.24) is 9.88 Å². The quantitative estimate of drug-likeness (QED) is 0.873. The number of hydrogen-bond acceptors (Lipinski definition) is 5. The number of anilines is 1. The molecule has 2 aromatic rings. The van der Waals surface area contributed by atoms with Gasteiger partial charge in [0, 0.05) is 24.5 Å². The minimum absolute atomic E-state index is 0.101. The maximum absolute atomic E-state index is 12.4. The molecule has 1 aromatic heterocycles. The number of carbonyl (C=O) groups excluding carboxylic acids is 1. The van der Waals surface area contributed by atoms with Crippen molar-refractivity contribution in [2.75, 3.05) is 18.8 Å². The van der Waals surface area contributed by atoms with Crippen LogP contribution in [0.1, 0.15) is 11.3 Å². The number of thiazole rings is 1. The molecule has 0 aliphatic heterocycles. The number of sulfonamides is 1. The van der Waals surface area contributed by atoms with Crippen LogP contribution in [0.5, 0.6) is 0 Å². The van der Waals surface area contributed by atoms with Crippen LogP contribution in [0.4, 0.5) is 5.13 Å². The highest BCUT2D eigenvalue weighted by Crippen LogP contribution is 2.26. The number of rotatable bonds is 5. The van der Waals surface area contributed by atoms with Crippen molar-refractivity contribution >= 4 is 44.0 Å². The van der Waals surface area contributed by atoms with Gasteiger partial charge in [-0.05, 0) is 24.6 Å². The molecule has 1 amide bonds. The zero-order valence-electron chi connectivity index (χ0n) is 12.8. The van der Waals surface area contributed by atoms with Gasteiger partial charge < -0.3 is 4.90 Å². The fourth-order valence-corrected chi connectivity index (χ4v) is 4.26. The Balaban J connectivity index is 2.20. The van der Waals surface area contributed by atoms with E-state index in [1.807, 2.05) is 0 Å². The second-order valence-corrected chi connectivity index (χ2v) is 7.99. The van der Waals surface area contributed by atoms with E-state index < -0.39 is 10.0 Å². The highest BCUT2D eigenvalue weighted by atomic mass is 35.5. The van der Waals surface area contributed by atoms with Gasteiger partial charge in [-0.25, -0.2) is 13.4 Å². The van der Waals surface area contributed by atoms with Crippen LogP contribution in [0, 0.1) is 6.92 Å². The first-order chi connectivity index (χ1) is 10.7. The number of benzene rings is 1. The molecule has 1 heterocycles. The van der Waals surface area contributed by atoms with Crippen LogP contribution in [-0.4, -0.2) is 38.3 Å². The Morgan fingerprint density at radius 2 is 2.09 bits per heavy atom. The maximum Gasteiger partial charge on any atom is 0.263 e. The van der Waals surface area contributed by atoms with Crippen LogP contribution in [0.2, 0.25) is 5.02 Å². The van der Waals surface area contributed by atoms with Gasteiger partial charge in [-0.15, -0.1) is 11.3 Å². The number of amides is 1. The number of nitrogens with one attached hydrogen (secondary N) is 1. The third-order valence-corrected chi connectivity index (χ3v) is 5.94. The molecule has 0 bridgehead atoms. The van der Waals surface area contributed by atoms with E-state index in [2.05, 4.69) is 9.71 Å². The van der Waals surface area contributed by atoms with Crippen molar-refractivity contribution < 1.29 is 13.2 Å². The molecule has 9 heteroatoms.